The van der Waals surface area contributed by atoms with Crippen LogP contribution in [0, 0.1) is 23.0 Å². The van der Waals surface area contributed by atoms with E-state index in [1.165, 1.54) is 0 Å². The van der Waals surface area contributed by atoms with Crippen molar-refractivity contribution in [1.82, 2.24) is 0 Å². The van der Waals surface area contributed by atoms with Gasteiger partial charge in [-0.3, -0.25) is 0 Å². The van der Waals surface area contributed by atoms with Crippen molar-refractivity contribution in [3.63, 3.8) is 0 Å². The standard InChI is InChI=1S/C22H12N2O4/c23-13-26-17-9-5-15(6-10-17)22(16-7-11-18(12-8-16)27-14-24)20-4-2-1-3-19(20)21(25)28-22/h1-12H. The van der Waals surface area contributed by atoms with E-state index >= 15 is 0 Å². The van der Waals surface area contributed by atoms with Gasteiger partial charge >= 0.3 is 5.97 Å². The number of hydrogen-bond acceptors (Lipinski definition) is 6. The van der Waals surface area contributed by atoms with Crippen LogP contribution in [0.15, 0.2) is 72.8 Å². The van der Waals surface area contributed by atoms with Gasteiger partial charge in [0.15, 0.2) is 5.60 Å². The summed E-state index contributed by atoms with van der Waals surface area (Å²) in [4.78, 5) is 12.6. The largest absolute Gasteiger partial charge is 0.441 e. The number of nitrogens with zero attached hydrogens (tertiary/aromatic N) is 2. The van der Waals surface area contributed by atoms with Gasteiger partial charge in [-0.1, -0.05) is 42.5 Å². The maximum absolute atomic E-state index is 12.6. The third-order valence-corrected chi connectivity index (χ3v) is 4.62. The Morgan fingerprint density at radius 2 is 1.25 bits per heavy atom. The molecule has 0 unspecified atom stereocenters. The third kappa shape index (κ3) is 2.61. The average Bonchev–Trinajstić information content (AvgIpc) is 3.04. The summed E-state index contributed by atoms with van der Waals surface area (Å²) in [6, 6.07) is 20.8. The molecule has 0 saturated carbocycles. The van der Waals surface area contributed by atoms with Gasteiger partial charge in [0, 0.05) is 16.7 Å². The molecule has 1 aliphatic heterocycles. The molecule has 4 rings (SSSR count). The molecule has 6 nitrogen and oxygen atoms in total. The Bertz CT molecular complexity index is 1060. The van der Waals surface area contributed by atoms with Crippen LogP contribution in [0.25, 0.3) is 0 Å². The predicted molar refractivity (Wildman–Crippen MR) is 97.1 cm³/mol. The second kappa shape index (κ2) is 6.79. The molecule has 3 aromatic carbocycles. The van der Waals surface area contributed by atoms with E-state index in [9.17, 15) is 4.79 Å². The predicted octanol–water partition coefficient (Wildman–Crippen LogP) is 3.87. The van der Waals surface area contributed by atoms with Gasteiger partial charge in [0.05, 0.1) is 5.56 Å². The van der Waals surface area contributed by atoms with Crippen molar-refractivity contribution < 1.29 is 19.0 Å². The highest BCUT2D eigenvalue weighted by molar-refractivity contribution is 5.96. The number of fused-ring (bicyclic) bond motifs is 1. The van der Waals surface area contributed by atoms with Gasteiger partial charge in [-0.05, 0) is 30.3 Å². The average molecular weight is 368 g/mol. The molecular formula is C22H12N2O4. The molecule has 0 atom stereocenters. The van der Waals surface area contributed by atoms with Crippen LogP contribution in [0.2, 0.25) is 0 Å². The number of cyclic esters (lactones) is 1. The summed E-state index contributed by atoms with van der Waals surface area (Å²) < 4.78 is 15.6. The highest BCUT2D eigenvalue weighted by atomic mass is 16.6. The van der Waals surface area contributed by atoms with Crippen LogP contribution in [0.3, 0.4) is 0 Å². The van der Waals surface area contributed by atoms with Gasteiger partial charge in [0.2, 0.25) is 0 Å². The van der Waals surface area contributed by atoms with E-state index in [0.717, 1.165) is 0 Å². The van der Waals surface area contributed by atoms with E-state index in [1.807, 2.05) is 12.1 Å². The van der Waals surface area contributed by atoms with E-state index in [0.29, 0.717) is 33.8 Å². The lowest BCUT2D eigenvalue weighted by atomic mass is 9.80. The number of carbonyl (C=O) groups excluding carboxylic acids is 1. The quantitative estimate of drug-likeness (QED) is 0.513. The summed E-state index contributed by atoms with van der Waals surface area (Å²) in [6.07, 6.45) is 3.26. The smallest absolute Gasteiger partial charge is 0.340 e. The second-order valence-corrected chi connectivity index (χ2v) is 6.05. The van der Waals surface area contributed by atoms with Crippen molar-refractivity contribution in [2.45, 2.75) is 5.60 Å². The lowest BCUT2D eigenvalue weighted by molar-refractivity contribution is 0.0251. The molecule has 28 heavy (non-hydrogen) atoms. The number of benzene rings is 3. The molecule has 6 heteroatoms. The molecule has 0 spiro atoms. The van der Waals surface area contributed by atoms with E-state index < -0.39 is 11.6 Å². The van der Waals surface area contributed by atoms with Crippen LogP contribution < -0.4 is 9.47 Å². The lowest BCUT2D eigenvalue weighted by Gasteiger charge is -2.30. The lowest BCUT2D eigenvalue weighted by Crippen LogP contribution is -2.29. The minimum absolute atomic E-state index is 0.386. The van der Waals surface area contributed by atoms with Crippen molar-refractivity contribution in [3.8, 4) is 24.0 Å². The van der Waals surface area contributed by atoms with Crippen LogP contribution in [-0.2, 0) is 10.3 Å². The minimum Gasteiger partial charge on any atom is -0.441 e. The highest BCUT2D eigenvalue weighted by Crippen LogP contribution is 2.47. The first-order valence-electron chi connectivity index (χ1n) is 8.35. The topological polar surface area (TPSA) is 92.3 Å². The molecule has 0 saturated heterocycles. The zero-order valence-electron chi connectivity index (χ0n) is 14.5. The maximum atomic E-state index is 12.6. The van der Waals surface area contributed by atoms with Crippen LogP contribution in [0.1, 0.15) is 27.0 Å². The fraction of sp³-hybridized carbons (Fsp3) is 0.0455. The first kappa shape index (κ1) is 17.1. The number of esters is 1. The first-order chi connectivity index (χ1) is 13.7. The number of nitriles is 2. The number of hydrogen-bond donors (Lipinski definition) is 0. The van der Waals surface area contributed by atoms with Crippen LogP contribution >= 0.6 is 0 Å². The van der Waals surface area contributed by atoms with E-state index in [2.05, 4.69) is 0 Å². The van der Waals surface area contributed by atoms with Crippen molar-refractivity contribution in [3.05, 3.63) is 95.1 Å². The zero-order chi connectivity index (χ0) is 19.6. The van der Waals surface area contributed by atoms with Crippen molar-refractivity contribution in [2.75, 3.05) is 0 Å². The minimum atomic E-state index is -1.16. The Labute approximate surface area is 160 Å². The summed E-state index contributed by atoms with van der Waals surface area (Å²) in [5.41, 5.74) is 1.43. The van der Waals surface area contributed by atoms with Gasteiger partial charge in [-0.15, -0.1) is 10.5 Å². The molecule has 0 N–H and O–H groups in total. The number of carbonyl (C=O) groups is 1. The SMILES string of the molecule is N#COc1ccc(C2(c3ccc(OC#N)cc3)OC(=O)c3ccccc32)cc1. The molecule has 0 fully saturated rings. The van der Waals surface area contributed by atoms with E-state index in [4.69, 9.17) is 24.7 Å². The first-order valence-corrected chi connectivity index (χ1v) is 8.35. The second-order valence-electron chi connectivity index (χ2n) is 6.05. The maximum Gasteiger partial charge on any atom is 0.340 e. The monoisotopic (exact) mass is 368 g/mol. The molecule has 134 valence electrons. The van der Waals surface area contributed by atoms with E-state index in [-0.39, 0.29) is 0 Å². The van der Waals surface area contributed by atoms with Crippen LogP contribution in [0.4, 0.5) is 0 Å². The molecule has 0 aliphatic carbocycles. The number of ether oxygens (including phenoxy) is 3. The van der Waals surface area contributed by atoms with E-state index in [1.54, 1.807) is 73.2 Å². The Hall–Kier alpha value is -4.29. The molecule has 0 aromatic heterocycles. The molecule has 0 bridgehead atoms. The summed E-state index contributed by atoms with van der Waals surface area (Å²) in [5, 5.41) is 17.4. The van der Waals surface area contributed by atoms with Gasteiger partial charge in [-0.25, -0.2) is 4.79 Å². The van der Waals surface area contributed by atoms with Crippen molar-refractivity contribution in [1.29, 1.82) is 10.5 Å². The van der Waals surface area contributed by atoms with Crippen LogP contribution in [-0.4, -0.2) is 5.97 Å². The summed E-state index contributed by atoms with van der Waals surface area (Å²) in [7, 11) is 0. The Balaban J connectivity index is 1.91. The van der Waals surface area contributed by atoms with Gasteiger partial charge < -0.3 is 14.2 Å². The summed E-state index contributed by atoms with van der Waals surface area (Å²) in [5.74, 6) is 0.346. The van der Waals surface area contributed by atoms with Gasteiger partial charge in [0.25, 0.3) is 12.5 Å². The molecule has 3 aromatic rings. The summed E-state index contributed by atoms with van der Waals surface area (Å²) >= 11 is 0. The Morgan fingerprint density at radius 3 is 1.75 bits per heavy atom. The molecule has 1 heterocycles. The van der Waals surface area contributed by atoms with Gasteiger partial charge in [-0.2, -0.15) is 0 Å². The normalized spacial score (nSPS) is 13.6. The third-order valence-electron chi connectivity index (χ3n) is 4.62. The van der Waals surface area contributed by atoms with Crippen molar-refractivity contribution in [2.24, 2.45) is 0 Å². The highest BCUT2D eigenvalue weighted by Gasteiger charge is 2.48. The zero-order valence-corrected chi connectivity index (χ0v) is 14.5. The van der Waals surface area contributed by atoms with Gasteiger partial charge in [0.1, 0.15) is 11.5 Å². The Morgan fingerprint density at radius 1 is 0.750 bits per heavy atom. The fourth-order valence-electron chi connectivity index (χ4n) is 3.43. The summed E-state index contributed by atoms with van der Waals surface area (Å²) in [6.45, 7) is 0. The fourth-order valence-corrected chi connectivity index (χ4v) is 3.43. The molecule has 1 aliphatic rings. The molecule has 0 radical (unpaired) electrons. The molecular weight excluding hydrogens is 356 g/mol. The van der Waals surface area contributed by atoms with Crippen LogP contribution in [0.5, 0.6) is 11.5 Å². The Kier molecular flexibility index (Phi) is 4.16. The van der Waals surface area contributed by atoms with Crippen molar-refractivity contribution >= 4 is 5.97 Å². The number of rotatable bonds is 4. The molecule has 0 amide bonds.